The number of nitrogens with zero attached hydrogens (tertiary/aromatic N) is 2. The summed E-state index contributed by atoms with van der Waals surface area (Å²) in [6.07, 6.45) is 1.93. The van der Waals surface area contributed by atoms with Crippen molar-refractivity contribution < 1.29 is 19.3 Å². The van der Waals surface area contributed by atoms with Crippen LogP contribution >= 0.6 is 11.3 Å². The first kappa shape index (κ1) is 24.9. The van der Waals surface area contributed by atoms with E-state index in [0.717, 1.165) is 24.1 Å². The zero-order valence-corrected chi connectivity index (χ0v) is 20.1. The normalized spacial score (nSPS) is 12.3. The molecule has 0 saturated heterocycles. The van der Waals surface area contributed by atoms with E-state index in [-0.39, 0.29) is 12.2 Å². The molecule has 33 heavy (non-hydrogen) atoms. The van der Waals surface area contributed by atoms with Crippen molar-refractivity contribution in [1.29, 1.82) is 0 Å². The van der Waals surface area contributed by atoms with Gasteiger partial charge in [0.1, 0.15) is 10.7 Å². The van der Waals surface area contributed by atoms with E-state index in [1.165, 1.54) is 11.3 Å². The molecule has 1 atom stereocenters. The van der Waals surface area contributed by atoms with Gasteiger partial charge in [-0.25, -0.2) is 4.98 Å². The zero-order valence-electron chi connectivity index (χ0n) is 19.3. The number of H-pyrrole nitrogens is 1. The third-order valence-corrected chi connectivity index (χ3v) is 5.99. The molecule has 0 bridgehead atoms. The molecule has 2 aromatic heterocycles. The van der Waals surface area contributed by atoms with Gasteiger partial charge in [0.2, 0.25) is 0 Å². The summed E-state index contributed by atoms with van der Waals surface area (Å²) < 4.78 is 16.1. The fourth-order valence-corrected chi connectivity index (χ4v) is 4.65. The summed E-state index contributed by atoms with van der Waals surface area (Å²) in [7, 11) is 3.17. The standard InChI is InChI=1S/C24H31N3O5S/c1-5-9-27(12-17(28)14-32-10-6-2)13-21-25-23(29)22-18(15-33-24(22)26-21)16-7-8-19(30-3)20(11-16)31-4/h6-8,11,15,17,28H,2,5,9-10,12-14H2,1,3-4H3,(H,25,26,29). The molecular weight excluding hydrogens is 442 g/mol. The molecule has 1 unspecified atom stereocenters. The number of aromatic nitrogens is 2. The van der Waals surface area contributed by atoms with Crippen LogP contribution in [0.5, 0.6) is 11.5 Å². The molecule has 1 aromatic carbocycles. The molecule has 9 heteroatoms. The minimum atomic E-state index is -0.634. The Labute approximate surface area is 197 Å². The Hall–Kier alpha value is -2.72. The number of hydrogen-bond donors (Lipinski definition) is 2. The summed E-state index contributed by atoms with van der Waals surface area (Å²) in [4.78, 5) is 23.4. The van der Waals surface area contributed by atoms with Crippen LogP contribution in [-0.2, 0) is 11.3 Å². The summed E-state index contributed by atoms with van der Waals surface area (Å²) >= 11 is 1.43. The lowest BCUT2D eigenvalue weighted by Crippen LogP contribution is -2.36. The third kappa shape index (κ3) is 6.20. The minimum Gasteiger partial charge on any atom is -0.493 e. The number of aromatic amines is 1. The fourth-order valence-electron chi connectivity index (χ4n) is 3.69. The Balaban J connectivity index is 1.84. The highest BCUT2D eigenvalue weighted by molar-refractivity contribution is 7.17. The molecule has 178 valence electrons. The number of aliphatic hydroxyl groups excluding tert-OH is 1. The maximum atomic E-state index is 13.0. The van der Waals surface area contributed by atoms with Gasteiger partial charge in [-0.1, -0.05) is 19.1 Å². The van der Waals surface area contributed by atoms with Crippen LogP contribution in [0.25, 0.3) is 21.3 Å². The van der Waals surface area contributed by atoms with E-state index in [2.05, 4.69) is 23.4 Å². The lowest BCUT2D eigenvalue weighted by atomic mass is 10.1. The molecule has 0 saturated carbocycles. The van der Waals surface area contributed by atoms with Crippen molar-refractivity contribution in [2.24, 2.45) is 0 Å². The molecule has 0 amide bonds. The molecule has 3 aromatic rings. The van der Waals surface area contributed by atoms with E-state index in [1.54, 1.807) is 20.3 Å². The highest BCUT2D eigenvalue weighted by Gasteiger charge is 2.17. The van der Waals surface area contributed by atoms with Gasteiger partial charge in [-0.05, 0) is 30.7 Å². The molecular formula is C24H31N3O5S. The SMILES string of the molecule is C=CCOCC(O)CN(CCC)Cc1nc2scc(-c3ccc(OC)c(OC)c3)c2c(=O)[nH]1. The fraction of sp³-hybridized carbons (Fsp3) is 0.417. The number of nitrogens with one attached hydrogen (secondary N) is 1. The second-order valence-electron chi connectivity index (χ2n) is 7.63. The monoisotopic (exact) mass is 473 g/mol. The van der Waals surface area contributed by atoms with Gasteiger partial charge in [-0.15, -0.1) is 17.9 Å². The van der Waals surface area contributed by atoms with Crippen molar-refractivity contribution in [3.05, 3.63) is 52.4 Å². The van der Waals surface area contributed by atoms with E-state index in [9.17, 15) is 9.90 Å². The molecule has 3 rings (SSSR count). The van der Waals surface area contributed by atoms with E-state index in [1.807, 2.05) is 23.6 Å². The summed E-state index contributed by atoms with van der Waals surface area (Å²) in [5.41, 5.74) is 1.47. The van der Waals surface area contributed by atoms with Gasteiger partial charge >= 0.3 is 0 Å². The van der Waals surface area contributed by atoms with Crippen molar-refractivity contribution in [1.82, 2.24) is 14.9 Å². The smallest absolute Gasteiger partial charge is 0.260 e. The number of methoxy groups -OCH3 is 2. The number of ether oxygens (including phenoxy) is 3. The Bertz CT molecular complexity index is 1130. The Morgan fingerprint density at radius 3 is 2.79 bits per heavy atom. The lowest BCUT2D eigenvalue weighted by Gasteiger charge is -2.24. The largest absolute Gasteiger partial charge is 0.493 e. The number of hydrogen-bond acceptors (Lipinski definition) is 8. The van der Waals surface area contributed by atoms with Crippen LogP contribution in [0.1, 0.15) is 19.2 Å². The highest BCUT2D eigenvalue weighted by Crippen LogP contribution is 2.36. The molecule has 2 N–H and O–H groups in total. The molecule has 0 aliphatic rings. The Morgan fingerprint density at radius 1 is 1.30 bits per heavy atom. The van der Waals surface area contributed by atoms with Gasteiger partial charge in [0.05, 0.1) is 45.5 Å². The quantitative estimate of drug-likeness (QED) is 0.290. The molecule has 0 aliphatic carbocycles. The summed E-state index contributed by atoms with van der Waals surface area (Å²) in [6.45, 7) is 7.93. The molecule has 0 aliphatic heterocycles. The number of fused-ring (bicyclic) bond motifs is 1. The van der Waals surface area contributed by atoms with Gasteiger partial charge in [0.25, 0.3) is 5.56 Å². The van der Waals surface area contributed by atoms with Crippen LogP contribution in [0.3, 0.4) is 0 Å². The third-order valence-electron chi connectivity index (χ3n) is 5.12. The van der Waals surface area contributed by atoms with E-state index < -0.39 is 6.10 Å². The Kier molecular flexibility index (Phi) is 9.02. The van der Waals surface area contributed by atoms with E-state index in [0.29, 0.717) is 47.2 Å². The first-order chi connectivity index (χ1) is 16.0. The number of rotatable bonds is 13. The van der Waals surface area contributed by atoms with E-state index in [4.69, 9.17) is 19.2 Å². The van der Waals surface area contributed by atoms with Crippen molar-refractivity contribution in [2.75, 3.05) is 40.5 Å². The molecule has 0 fully saturated rings. The second-order valence-corrected chi connectivity index (χ2v) is 8.49. The first-order valence-electron chi connectivity index (χ1n) is 10.8. The van der Waals surface area contributed by atoms with Gasteiger partial charge in [0, 0.05) is 17.5 Å². The molecule has 2 heterocycles. The van der Waals surface area contributed by atoms with Gasteiger partial charge in [-0.3, -0.25) is 9.69 Å². The van der Waals surface area contributed by atoms with Gasteiger partial charge in [-0.2, -0.15) is 0 Å². The minimum absolute atomic E-state index is 0.188. The molecule has 0 spiro atoms. The van der Waals surface area contributed by atoms with Crippen LogP contribution < -0.4 is 15.0 Å². The van der Waals surface area contributed by atoms with Crippen LogP contribution in [-0.4, -0.2) is 66.6 Å². The summed E-state index contributed by atoms with van der Waals surface area (Å²) in [5, 5.41) is 12.8. The molecule has 0 radical (unpaired) electrons. The van der Waals surface area contributed by atoms with Crippen LogP contribution in [0.4, 0.5) is 0 Å². The van der Waals surface area contributed by atoms with E-state index >= 15 is 0 Å². The molecule has 8 nitrogen and oxygen atoms in total. The zero-order chi connectivity index (χ0) is 23.8. The van der Waals surface area contributed by atoms with Crippen molar-refractivity contribution >= 4 is 21.6 Å². The average Bonchev–Trinajstić information content (AvgIpc) is 3.23. The second kappa shape index (κ2) is 11.9. The van der Waals surface area contributed by atoms with Crippen LogP contribution in [0.15, 0.2) is 41.0 Å². The first-order valence-corrected chi connectivity index (χ1v) is 11.7. The highest BCUT2D eigenvalue weighted by atomic mass is 32.1. The maximum Gasteiger partial charge on any atom is 0.260 e. The maximum absolute atomic E-state index is 13.0. The lowest BCUT2D eigenvalue weighted by molar-refractivity contribution is 0.0241. The predicted octanol–water partition coefficient (Wildman–Crippen LogP) is 3.44. The van der Waals surface area contributed by atoms with Crippen LogP contribution in [0.2, 0.25) is 0 Å². The topological polar surface area (TPSA) is 96.9 Å². The van der Waals surface area contributed by atoms with Gasteiger partial charge in [0.15, 0.2) is 11.5 Å². The summed E-state index contributed by atoms with van der Waals surface area (Å²) in [6, 6.07) is 5.57. The van der Waals surface area contributed by atoms with Crippen LogP contribution in [0, 0.1) is 0 Å². The Morgan fingerprint density at radius 2 is 2.09 bits per heavy atom. The average molecular weight is 474 g/mol. The summed E-state index contributed by atoms with van der Waals surface area (Å²) in [5.74, 6) is 1.80. The van der Waals surface area contributed by atoms with Crippen molar-refractivity contribution in [3.63, 3.8) is 0 Å². The number of benzene rings is 1. The van der Waals surface area contributed by atoms with Crippen molar-refractivity contribution in [2.45, 2.75) is 26.0 Å². The number of aliphatic hydroxyl groups is 1. The van der Waals surface area contributed by atoms with Crippen molar-refractivity contribution in [3.8, 4) is 22.6 Å². The predicted molar refractivity (Wildman–Crippen MR) is 131 cm³/mol. The number of thiophene rings is 1. The van der Waals surface area contributed by atoms with Gasteiger partial charge < -0.3 is 24.3 Å².